The number of ether oxygens (including phenoxy) is 1. The van der Waals surface area contributed by atoms with Crippen LogP contribution in [0.3, 0.4) is 0 Å². The Hall–Kier alpha value is -3.47. The highest BCUT2D eigenvalue weighted by molar-refractivity contribution is 6.02. The molecule has 0 aliphatic heterocycles. The number of Topliss-reactive ketones (excluding diaryl/α,β-unsaturated/α-hetero) is 1. The number of benzene rings is 1. The molecule has 1 aromatic carbocycles. The minimum Gasteiger partial charge on any atom is -0.452 e. The lowest BCUT2D eigenvalue weighted by molar-refractivity contribution is -0.118. The number of carbonyl (C=O) groups is 2. The fraction of sp³-hybridized carbons (Fsp3) is 0.300. The van der Waals surface area contributed by atoms with Crippen LogP contribution in [0.4, 0.5) is 4.39 Å². The first kappa shape index (κ1) is 19.3. The summed E-state index contributed by atoms with van der Waals surface area (Å²) >= 11 is 0. The van der Waals surface area contributed by atoms with Crippen LogP contribution in [0.5, 0.6) is 0 Å². The topological polar surface area (TPSA) is 111 Å². The third-order valence-electron chi connectivity index (χ3n) is 4.56. The molecule has 1 aromatic heterocycles. The number of nitriles is 1. The van der Waals surface area contributed by atoms with Crippen LogP contribution < -0.4 is 5.73 Å². The third kappa shape index (κ3) is 3.78. The van der Waals surface area contributed by atoms with Gasteiger partial charge in [0.2, 0.25) is 5.78 Å². The van der Waals surface area contributed by atoms with Gasteiger partial charge in [0.25, 0.3) is 0 Å². The molecule has 1 aliphatic rings. The van der Waals surface area contributed by atoms with Crippen LogP contribution in [0.25, 0.3) is 5.69 Å². The zero-order valence-electron chi connectivity index (χ0n) is 15.4. The molecule has 0 bridgehead atoms. The van der Waals surface area contributed by atoms with Crippen molar-refractivity contribution in [3.63, 3.8) is 0 Å². The molecule has 0 fully saturated rings. The van der Waals surface area contributed by atoms with Crippen molar-refractivity contribution in [2.75, 3.05) is 6.61 Å². The molecule has 0 amide bonds. The lowest BCUT2D eigenvalue weighted by Crippen LogP contribution is -2.19. The van der Waals surface area contributed by atoms with Gasteiger partial charge in [-0.05, 0) is 56.9 Å². The molecule has 2 aromatic rings. The average Bonchev–Trinajstić information content (AvgIpc) is 3.07. The maximum Gasteiger partial charge on any atom is 0.359 e. The van der Waals surface area contributed by atoms with Crippen LogP contribution in [0.15, 0.2) is 35.5 Å². The van der Waals surface area contributed by atoms with Crippen molar-refractivity contribution in [2.45, 2.75) is 32.6 Å². The first-order valence-electron chi connectivity index (χ1n) is 8.86. The molecule has 0 atom stereocenters. The minimum atomic E-state index is -0.737. The second-order valence-corrected chi connectivity index (χ2v) is 6.54. The van der Waals surface area contributed by atoms with E-state index in [1.165, 1.54) is 19.1 Å². The number of hydrogen-bond acceptors (Lipinski definition) is 6. The molecule has 1 aliphatic carbocycles. The molecule has 1 heterocycles. The summed E-state index contributed by atoms with van der Waals surface area (Å²) in [5, 5.41) is 13.3. The highest BCUT2D eigenvalue weighted by atomic mass is 19.1. The number of esters is 1. The number of aromatic nitrogens is 2. The molecule has 0 saturated heterocycles. The Morgan fingerprint density at radius 2 is 1.96 bits per heavy atom. The first-order valence-corrected chi connectivity index (χ1v) is 8.86. The molecule has 0 radical (unpaired) electrons. The SMILES string of the molecule is C/C(N)=C(\C#N)C(=O)COC(=O)c1nn(-c2ccc(F)cc2)c2c1CCCC2. The van der Waals surface area contributed by atoms with Crippen LogP contribution >= 0.6 is 0 Å². The Kier molecular flexibility index (Phi) is 5.54. The van der Waals surface area contributed by atoms with Crippen molar-refractivity contribution < 1.29 is 18.7 Å². The number of allylic oxidation sites excluding steroid dienone is 1. The van der Waals surface area contributed by atoms with Crippen LogP contribution in [0, 0.1) is 17.1 Å². The van der Waals surface area contributed by atoms with Crippen molar-refractivity contribution in [1.82, 2.24) is 9.78 Å². The summed E-state index contributed by atoms with van der Waals surface area (Å²) in [6.07, 6.45) is 3.27. The van der Waals surface area contributed by atoms with Crippen molar-refractivity contribution in [3.05, 3.63) is 58.3 Å². The largest absolute Gasteiger partial charge is 0.452 e. The normalized spacial score (nSPS) is 13.9. The second-order valence-electron chi connectivity index (χ2n) is 6.54. The molecular weight excluding hydrogens is 363 g/mol. The van der Waals surface area contributed by atoms with E-state index >= 15 is 0 Å². The smallest absolute Gasteiger partial charge is 0.359 e. The Morgan fingerprint density at radius 3 is 2.61 bits per heavy atom. The van der Waals surface area contributed by atoms with Gasteiger partial charge in [-0.15, -0.1) is 0 Å². The molecule has 3 rings (SSSR count). The van der Waals surface area contributed by atoms with Crippen LogP contribution in [-0.4, -0.2) is 28.1 Å². The second kappa shape index (κ2) is 8.05. The van der Waals surface area contributed by atoms with Gasteiger partial charge in [-0.25, -0.2) is 13.9 Å². The van der Waals surface area contributed by atoms with Gasteiger partial charge in [0.15, 0.2) is 12.3 Å². The fourth-order valence-electron chi connectivity index (χ4n) is 3.20. The van der Waals surface area contributed by atoms with E-state index < -0.39 is 18.4 Å². The number of nitrogens with two attached hydrogens (primary N) is 1. The molecular formula is C20H19FN4O3. The molecule has 0 spiro atoms. The zero-order chi connectivity index (χ0) is 20.3. The Bertz CT molecular complexity index is 996. The molecule has 28 heavy (non-hydrogen) atoms. The van der Waals surface area contributed by atoms with E-state index in [-0.39, 0.29) is 22.8 Å². The van der Waals surface area contributed by atoms with Gasteiger partial charge >= 0.3 is 5.97 Å². The van der Waals surface area contributed by atoms with Crippen LogP contribution in [0.2, 0.25) is 0 Å². The third-order valence-corrected chi connectivity index (χ3v) is 4.56. The lowest BCUT2D eigenvalue weighted by atomic mass is 9.95. The summed E-state index contributed by atoms with van der Waals surface area (Å²) in [7, 11) is 0. The van der Waals surface area contributed by atoms with E-state index in [9.17, 15) is 14.0 Å². The zero-order valence-corrected chi connectivity index (χ0v) is 15.4. The van der Waals surface area contributed by atoms with E-state index in [1.54, 1.807) is 22.9 Å². The summed E-state index contributed by atoms with van der Waals surface area (Å²) in [5.74, 6) is -1.76. The standard InChI is InChI=1S/C20H19FN4O3/c1-12(23)16(10-22)18(26)11-28-20(27)19-15-4-2-3-5-17(15)25(24-19)14-8-6-13(21)7-9-14/h6-9H,2-5,11,23H2,1H3/b16-12-. The van der Waals surface area contributed by atoms with Gasteiger partial charge in [-0.1, -0.05) is 0 Å². The minimum absolute atomic E-state index is 0.0708. The summed E-state index contributed by atoms with van der Waals surface area (Å²) in [5.41, 5.74) is 7.77. The number of carbonyl (C=O) groups excluding carboxylic acids is 2. The van der Waals surface area contributed by atoms with Crippen LogP contribution in [0.1, 0.15) is 41.5 Å². The van der Waals surface area contributed by atoms with E-state index in [0.717, 1.165) is 30.5 Å². The van der Waals surface area contributed by atoms with Crippen molar-refractivity contribution in [2.24, 2.45) is 5.73 Å². The fourth-order valence-corrected chi connectivity index (χ4v) is 3.20. The van der Waals surface area contributed by atoms with Gasteiger partial charge in [-0.3, -0.25) is 4.79 Å². The molecule has 144 valence electrons. The van der Waals surface area contributed by atoms with Crippen LogP contribution in [-0.2, 0) is 22.4 Å². The Balaban J connectivity index is 1.87. The number of hydrogen-bond donors (Lipinski definition) is 1. The maximum absolute atomic E-state index is 13.2. The van der Waals surface area contributed by atoms with E-state index in [4.69, 9.17) is 15.7 Å². The highest BCUT2D eigenvalue weighted by Crippen LogP contribution is 2.27. The van der Waals surface area contributed by atoms with Crippen molar-refractivity contribution >= 4 is 11.8 Å². The van der Waals surface area contributed by atoms with E-state index in [0.29, 0.717) is 12.1 Å². The lowest BCUT2D eigenvalue weighted by Gasteiger charge is -2.14. The highest BCUT2D eigenvalue weighted by Gasteiger charge is 2.27. The Labute approximate surface area is 161 Å². The predicted molar refractivity (Wildman–Crippen MR) is 98.0 cm³/mol. The Morgan fingerprint density at radius 1 is 1.29 bits per heavy atom. The summed E-state index contributed by atoms with van der Waals surface area (Å²) in [6, 6.07) is 7.54. The van der Waals surface area contributed by atoms with Gasteiger partial charge in [-0.2, -0.15) is 10.4 Å². The average molecular weight is 382 g/mol. The summed E-state index contributed by atoms with van der Waals surface area (Å²) < 4.78 is 19.9. The number of halogens is 1. The maximum atomic E-state index is 13.2. The number of rotatable bonds is 5. The molecule has 0 unspecified atom stereocenters. The predicted octanol–water partition coefficient (Wildman–Crippen LogP) is 2.37. The molecule has 0 saturated carbocycles. The summed E-state index contributed by atoms with van der Waals surface area (Å²) in [4.78, 5) is 24.6. The van der Waals surface area contributed by atoms with E-state index in [2.05, 4.69) is 5.10 Å². The number of ketones is 1. The molecule has 2 N–H and O–H groups in total. The number of fused-ring (bicyclic) bond motifs is 1. The quantitative estimate of drug-likeness (QED) is 0.483. The van der Waals surface area contributed by atoms with Gasteiger partial charge in [0.05, 0.1) is 5.69 Å². The summed E-state index contributed by atoms with van der Waals surface area (Å²) in [6.45, 7) is 0.841. The van der Waals surface area contributed by atoms with Gasteiger partial charge < -0.3 is 10.5 Å². The molecule has 7 nitrogen and oxygen atoms in total. The van der Waals surface area contributed by atoms with Gasteiger partial charge in [0, 0.05) is 17.0 Å². The monoisotopic (exact) mass is 382 g/mol. The first-order chi connectivity index (χ1) is 13.4. The van der Waals surface area contributed by atoms with Crippen molar-refractivity contribution in [1.29, 1.82) is 5.26 Å². The van der Waals surface area contributed by atoms with Crippen molar-refractivity contribution in [3.8, 4) is 11.8 Å². The number of nitrogens with zero attached hydrogens (tertiary/aromatic N) is 3. The van der Waals surface area contributed by atoms with E-state index in [1.807, 2.05) is 0 Å². The van der Waals surface area contributed by atoms with Gasteiger partial charge in [0.1, 0.15) is 17.5 Å². The molecule has 8 heteroatoms.